The molecule has 14 heavy (non-hydrogen) atoms. The minimum atomic E-state index is -2.99. The van der Waals surface area contributed by atoms with Crippen molar-refractivity contribution in [3.63, 3.8) is 0 Å². The third-order valence-electron chi connectivity index (χ3n) is 1.52. The monoisotopic (exact) mass is 204 g/mol. The third kappa shape index (κ3) is 1.76. The quantitative estimate of drug-likeness (QED) is 0.557. The molecule has 0 spiro atoms. The topological polar surface area (TPSA) is 65.3 Å². The van der Waals surface area contributed by atoms with Gasteiger partial charge in [0.1, 0.15) is 0 Å². The lowest BCUT2D eigenvalue weighted by Gasteiger charge is -2.04. The Morgan fingerprint density at radius 1 is 1.64 bits per heavy atom. The van der Waals surface area contributed by atoms with Crippen LogP contribution in [-0.4, -0.2) is 17.0 Å². The Labute approximate surface area is 77.5 Å². The summed E-state index contributed by atoms with van der Waals surface area (Å²) in [5.41, 5.74) is -1.67. The lowest BCUT2D eigenvalue weighted by Crippen LogP contribution is -2.01. The largest absolute Gasteiger partial charge is 0.490 e. The van der Waals surface area contributed by atoms with Crippen molar-refractivity contribution in [1.29, 1.82) is 0 Å². The summed E-state index contributed by atoms with van der Waals surface area (Å²) in [4.78, 5) is 12.8. The van der Waals surface area contributed by atoms with Crippen LogP contribution in [0.25, 0.3) is 0 Å². The first kappa shape index (κ1) is 10.3. The molecule has 0 saturated carbocycles. The first-order valence-corrected chi connectivity index (χ1v) is 3.53. The van der Waals surface area contributed by atoms with Crippen LogP contribution in [0.5, 0.6) is 5.75 Å². The van der Waals surface area contributed by atoms with E-state index in [1.807, 2.05) is 0 Å². The maximum absolute atomic E-state index is 12.3. The molecule has 0 aliphatic rings. The van der Waals surface area contributed by atoms with E-state index in [0.29, 0.717) is 0 Å². The molecule has 1 heterocycles. The first-order chi connectivity index (χ1) is 6.57. The van der Waals surface area contributed by atoms with Crippen LogP contribution in [-0.2, 0) is 0 Å². The van der Waals surface area contributed by atoms with Crippen molar-refractivity contribution in [3.05, 3.63) is 28.1 Å². The summed E-state index contributed by atoms with van der Waals surface area (Å²) in [7, 11) is 1.16. The minimum absolute atomic E-state index is 0.222. The highest BCUT2D eigenvalue weighted by atomic mass is 19.3. The molecular weight excluding hydrogens is 198 g/mol. The number of ether oxygens (including phenoxy) is 1. The number of hydrogen-bond donors (Lipinski definition) is 0. The molecular formula is C7H6F2N2O3. The highest BCUT2D eigenvalue weighted by Gasteiger charge is 2.27. The summed E-state index contributed by atoms with van der Waals surface area (Å²) in [6.45, 7) is 0. The Bertz CT molecular complexity index is 357. The summed E-state index contributed by atoms with van der Waals surface area (Å²) in [6.07, 6.45) is -1.96. The average Bonchev–Trinajstić information content (AvgIpc) is 2.16. The van der Waals surface area contributed by atoms with Gasteiger partial charge in [-0.15, -0.1) is 0 Å². The van der Waals surface area contributed by atoms with Crippen LogP contribution in [0.2, 0.25) is 0 Å². The van der Waals surface area contributed by atoms with Gasteiger partial charge < -0.3 is 4.74 Å². The van der Waals surface area contributed by atoms with E-state index in [2.05, 4.69) is 9.72 Å². The number of nitro groups is 1. The number of nitrogens with zero attached hydrogens (tertiary/aromatic N) is 2. The zero-order chi connectivity index (χ0) is 10.7. The molecule has 76 valence electrons. The van der Waals surface area contributed by atoms with Crippen LogP contribution in [0, 0.1) is 10.1 Å². The van der Waals surface area contributed by atoms with E-state index in [0.717, 1.165) is 19.4 Å². The van der Waals surface area contributed by atoms with E-state index in [4.69, 9.17) is 0 Å². The van der Waals surface area contributed by atoms with E-state index < -0.39 is 22.7 Å². The van der Waals surface area contributed by atoms with Crippen molar-refractivity contribution in [2.75, 3.05) is 7.11 Å². The van der Waals surface area contributed by atoms with Gasteiger partial charge in [-0.1, -0.05) is 0 Å². The molecule has 0 radical (unpaired) electrons. The Hall–Kier alpha value is -1.79. The fourth-order valence-electron chi connectivity index (χ4n) is 0.959. The van der Waals surface area contributed by atoms with E-state index in [1.165, 1.54) is 0 Å². The standard InChI is InChI=1S/C7H6F2N2O3/c1-14-4-2-3-10-5(7(8)9)6(4)11(12)13/h2-3,7H,1H3. The Morgan fingerprint density at radius 3 is 2.71 bits per heavy atom. The van der Waals surface area contributed by atoms with Gasteiger partial charge in [0.15, 0.2) is 5.69 Å². The predicted molar refractivity (Wildman–Crippen MR) is 42.4 cm³/mol. The number of pyridine rings is 1. The molecule has 1 aromatic rings. The van der Waals surface area contributed by atoms with Gasteiger partial charge in [-0.3, -0.25) is 10.1 Å². The number of aromatic nitrogens is 1. The van der Waals surface area contributed by atoms with Gasteiger partial charge in [0, 0.05) is 12.3 Å². The fraction of sp³-hybridized carbons (Fsp3) is 0.286. The smallest absolute Gasteiger partial charge is 0.338 e. The van der Waals surface area contributed by atoms with Crippen molar-refractivity contribution in [2.45, 2.75) is 6.43 Å². The summed E-state index contributed by atoms with van der Waals surface area (Å²) in [5.74, 6) is -0.222. The number of hydrogen-bond acceptors (Lipinski definition) is 4. The SMILES string of the molecule is COc1ccnc(C(F)F)c1[N+](=O)[O-]. The van der Waals surface area contributed by atoms with E-state index in [9.17, 15) is 18.9 Å². The Kier molecular flexibility index (Phi) is 2.90. The number of halogens is 2. The summed E-state index contributed by atoms with van der Waals surface area (Å²) >= 11 is 0. The highest BCUT2D eigenvalue weighted by Crippen LogP contribution is 2.34. The van der Waals surface area contributed by atoms with Crippen molar-refractivity contribution < 1.29 is 18.4 Å². The average molecular weight is 204 g/mol. The van der Waals surface area contributed by atoms with Crippen LogP contribution in [0.4, 0.5) is 14.5 Å². The molecule has 0 bridgehead atoms. The molecule has 0 fully saturated rings. The second-order valence-corrected chi connectivity index (χ2v) is 2.30. The Balaban J connectivity index is 3.35. The molecule has 0 saturated heterocycles. The summed E-state index contributed by atoms with van der Waals surface area (Å²) in [6, 6.07) is 1.16. The van der Waals surface area contributed by atoms with Gasteiger partial charge in [-0.2, -0.15) is 0 Å². The molecule has 0 unspecified atom stereocenters. The number of alkyl halides is 2. The zero-order valence-corrected chi connectivity index (χ0v) is 7.11. The van der Waals surface area contributed by atoms with Crippen LogP contribution in [0.1, 0.15) is 12.1 Å². The summed E-state index contributed by atoms with van der Waals surface area (Å²) < 4.78 is 29.1. The molecule has 0 aliphatic heterocycles. The molecule has 0 amide bonds. The van der Waals surface area contributed by atoms with E-state index in [-0.39, 0.29) is 5.75 Å². The van der Waals surface area contributed by atoms with Gasteiger partial charge in [0.2, 0.25) is 5.75 Å². The second kappa shape index (κ2) is 3.95. The van der Waals surface area contributed by atoms with Crippen molar-refractivity contribution in [1.82, 2.24) is 4.98 Å². The number of methoxy groups -OCH3 is 1. The second-order valence-electron chi connectivity index (χ2n) is 2.30. The molecule has 0 aromatic carbocycles. The zero-order valence-electron chi connectivity index (χ0n) is 7.11. The summed E-state index contributed by atoms with van der Waals surface area (Å²) in [5, 5.41) is 10.5. The molecule has 5 nitrogen and oxygen atoms in total. The highest BCUT2D eigenvalue weighted by molar-refractivity contribution is 5.49. The third-order valence-corrected chi connectivity index (χ3v) is 1.52. The molecule has 7 heteroatoms. The first-order valence-electron chi connectivity index (χ1n) is 3.53. The molecule has 0 atom stereocenters. The lowest BCUT2D eigenvalue weighted by molar-refractivity contribution is -0.387. The van der Waals surface area contributed by atoms with Crippen molar-refractivity contribution >= 4 is 5.69 Å². The van der Waals surface area contributed by atoms with Gasteiger partial charge in [-0.25, -0.2) is 13.8 Å². The Morgan fingerprint density at radius 2 is 2.29 bits per heavy atom. The van der Waals surface area contributed by atoms with Gasteiger partial charge in [0.05, 0.1) is 12.0 Å². The maximum atomic E-state index is 12.3. The van der Waals surface area contributed by atoms with Crippen LogP contribution < -0.4 is 4.74 Å². The van der Waals surface area contributed by atoms with Gasteiger partial charge >= 0.3 is 5.69 Å². The molecule has 0 aliphatic carbocycles. The van der Waals surface area contributed by atoms with Gasteiger partial charge in [-0.05, 0) is 0 Å². The molecule has 1 rings (SSSR count). The predicted octanol–water partition coefficient (Wildman–Crippen LogP) is 1.94. The van der Waals surface area contributed by atoms with Crippen molar-refractivity contribution in [3.8, 4) is 5.75 Å². The molecule has 0 N–H and O–H groups in total. The van der Waals surface area contributed by atoms with E-state index in [1.54, 1.807) is 0 Å². The van der Waals surface area contributed by atoms with Crippen molar-refractivity contribution in [2.24, 2.45) is 0 Å². The normalized spacial score (nSPS) is 10.3. The van der Waals surface area contributed by atoms with Crippen LogP contribution >= 0.6 is 0 Å². The number of rotatable bonds is 3. The maximum Gasteiger partial charge on any atom is 0.338 e. The van der Waals surface area contributed by atoms with Crippen LogP contribution in [0.3, 0.4) is 0 Å². The molecule has 1 aromatic heterocycles. The van der Waals surface area contributed by atoms with E-state index >= 15 is 0 Å². The lowest BCUT2D eigenvalue weighted by atomic mass is 10.3. The fourth-order valence-corrected chi connectivity index (χ4v) is 0.959. The van der Waals surface area contributed by atoms with Gasteiger partial charge in [0.25, 0.3) is 6.43 Å². The van der Waals surface area contributed by atoms with Crippen LogP contribution in [0.15, 0.2) is 12.3 Å². The minimum Gasteiger partial charge on any atom is -0.490 e.